The molecule has 4 nitrogen and oxygen atoms in total. The molecule has 1 fully saturated rings. The van der Waals surface area contributed by atoms with Crippen molar-refractivity contribution in [2.75, 3.05) is 31.1 Å². The van der Waals surface area contributed by atoms with E-state index in [0.717, 1.165) is 43.0 Å². The van der Waals surface area contributed by atoms with Crippen molar-refractivity contribution in [1.29, 1.82) is 5.26 Å². The maximum Gasteiger partial charge on any atom is 0.227 e. The minimum absolute atomic E-state index is 0.190. The Morgan fingerprint density at radius 3 is 2.54 bits per heavy atom. The zero-order valence-electron chi connectivity index (χ0n) is 13.9. The summed E-state index contributed by atoms with van der Waals surface area (Å²) >= 11 is 0. The molecular formula is C20H21N3O. The van der Waals surface area contributed by atoms with Gasteiger partial charge in [0, 0.05) is 31.9 Å². The molecule has 2 aromatic rings. The number of benzene rings is 2. The minimum atomic E-state index is 0.190. The van der Waals surface area contributed by atoms with Gasteiger partial charge in [0.15, 0.2) is 0 Å². The van der Waals surface area contributed by atoms with Gasteiger partial charge in [-0.2, -0.15) is 5.26 Å². The van der Waals surface area contributed by atoms with Crippen LogP contribution in [0.25, 0.3) is 0 Å². The fourth-order valence-corrected chi connectivity index (χ4v) is 3.07. The number of nitriles is 1. The first-order valence-corrected chi connectivity index (χ1v) is 8.25. The van der Waals surface area contributed by atoms with Crippen molar-refractivity contribution in [3.63, 3.8) is 0 Å². The summed E-state index contributed by atoms with van der Waals surface area (Å²) in [5.41, 5.74) is 4.00. The lowest BCUT2D eigenvalue weighted by atomic mass is 10.1. The van der Waals surface area contributed by atoms with E-state index < -0.39 is 0 Å². The van der Waals surface area contributed by atoms with Gasteiger partial charge in [0.1, 0.15) is 0 Å². The van der Waals surface area contributed by atoms with Crippen LogP contribution in [0.1, 0.15) is 16.7 Å². The Balaban J connectivity index is 1.59. The average molecular weight is 319 g/mol. The number of piperazine rings is 1. The molecule has 0 unspecified atom stereocenters. The predicted molar refractivity (Wildman–Crippen MR) is 94.8 cm³/mol. The molecule has 1 heterocycles. The highest BCUT2D eigenvalue weighted by Crippen LogP contribution is 2.18. The summed E-state index contributed by atoms with van der Waals surface area (Å²) in [6.45, 7) is 5.09. The minimum Gasteiger partial charge on any atom is -0.368 e. The molecule has 3 rings (SSSR count). The highest BCUT2D eigenvalue weighted by molar-refractivity contribution is 5.79. The summed E-state index contributed by atoms with van der Waals surface area (Å²) in [6.07, 6.45) is 0.469. The second-order valence-electron chi connectivity index (χ2n) is 6.13. The van der Waals surface area contributed by atoms with E-state index in [1.807, 2.05) is 60.4 Å². The lowest BCUT2D eigenvalue weighted by molar-refractivity contribution is -0.130. The van der Waals surface area contributed by atoms with Gasteiger partial charge in [-0.05, 0) is 36.2 Å². The van der Waals surface area contributed by atoms with E-state index in [0.29, 0.717) is 12.0 Å². The van der Waals surface area contributed by atoms with Crippen LogP contribution < -0.4 is 4.90 Å². The number of aryl methyl sites for hydroxylation is 1. The molecule has 1 amide bonds. The third-order valence-corrected chi connectivity index (χ3v) is 4.58. The summed E-state index contributed by atoms with van der Waals surface area (Å²) in [6, 6.07) is 17.9. The summed E-state index contributed by atoms with van der Waals surface area (Å²) < 4.78 is 0. The highest BCUT2D eigenvalue weighted by atomic mass is 16.2. The lowest BCUT2D eigenvalue weighted by Crippen LogP contribution is -2.49. The number of hydrogen-bond acceptors (Lipinski definition) is 3. The molecule has 4 heteroatoms. The molecule has 1 aliphatic rings. The smallest absolute Gasteiger partial charge is 0.227 e. The fraction of sp³-hybridized carbons (Fsp3) is 0.300. The van der Waals surface area contributed by atoms with Gasteiger partial charge in [-0.1, -0.05) is 30.3 Å². The normalized spacial score (nSPS) is 14.3. The first-order valence-electron chi connectivity index (χ1n) is 8.25. The number of nitrogens with zero attached hydrogens (tertiary/aromatic N) is 3. The molecule has 0 bridgehead atoms. The average Bonchev–Trinajstić information content (AvgIpc) is 2.64. The van der Waals surface area contributed by atoms with Crippen LogP contribution in [0.15, 0.2) is 48.5 Å². The van der Waals surface area contributed by atoms with Crippen molar-refractivity contribution in [2.45, 2.75) is 13.3 Å². The van der Waals surface area contributed by atoms with Crippen LogP contribution in [-0.2, 0) is 11.2 Å². The maximum atomic E-state index is 12.5. The molecule has 0 spiro atoms. The number of amides is 1. The van der Waals surface area contributed by atoms with Crippen molar-refractivity contribution < 1.29 is 4.79 Å². The molecule has 0 atom stereocenters. The predicted octanol–water partition coefficient (Wildman–Crippen LogP) is 2.76. The monoisotopic (exact) mass is 319 g/mol. The molecule has 1 aliphatic heterocycles. The first kappa shape index (κ1) is 16.1. The Bertz CT molecular complexity index is 770. The molecule has 24 heavy (non-hydrogen) atoms. The first-order chi connectivity index (χ1) is 11.7. The third kappa shape index (κ3) is 3.57. The number of hydrogen-bond donors (Lipinski definition) is 0. The Kier molecular flexibility index (Phi) is 4.81. The molecule has 0 N–H and O–H groups in total. The molecule has 1 saturated heterocycles. The molecular weight excluding hydrogens is 298 g/mol. The third-order valence-electron chi connectivity index (χ3n) is 4.58. The van der Waals surface area contributed by atoms with Gasteiger partial charge in [0.25, 0.3) is 0 Å². The van der Waals surface area contributed by atoms with E-state index in [1.54, 1.807) is 0 Å². The van der Waals surface area contributed by atoms with Gasteiger partial charge < -0.3 is 9.80 Å². The maximum absolute atomic E-state index is 12.5. The zero-order valence-corrected chi connectivity index (χ0v) is 13.9. The zero-order chi connectivity index (χ0) is 16.9. The van der Waals surface area contributed by atoms with E-state index in [9.17, 15) is 4.79 Å². The quantitative estimate of drug-likeness (QED) is 0.874. The number of rotatable bonds is 3. The van der Waals surface area contributed by atoms with Crippen LogP contribution in [0.3, 0.4) is 0 Å². The van der Waals surface area contributed by atoms with Crippen LogP contribution in [0.5, 0.6) is 0 Å². The van der Waals surface area contributed by atoms with Crippen molar-refractivity contribution in [3.8, 4) is 6.07 Å². The number of anilines is 1. The number of carbonyl (C=O) groups is 1. The Labute approximate surface area is 142 Å². The second kappa shape index (κ2) is 7.18. The molecule has 0 aliphatic carbocycles. The van der Waals surface area contributed by atoms with Crippen LogP contribution in [0.4, 0.5) is 5.69 Å². The topological polar surface area (TPSA) is 47.3 Å². The molecule has 122 valence electrons. The van der Waals surface area contributed by atoms with E-state index >= 15 is 0 Å². The Morgan fingerprint density at radius 2 is 1.83 bits per heavy atom. The van der Waals surface area contributed by atoms with Crippen LogP contribution in [0, 0.1) is 18.3 Å². The summed E-state index contributed by atoms with van der Waals surface area (Å²) in [5.74, 6) is 0.190. The van der Waals surface area contributed by atoms with E-state index in [4.69, 9.17) is 5.26 Å². The van der Waals surface area contributed by atoms with Gasteiger partial charge in [-0.3, -0.25) is 4.79 Å². The Hall–Kier alpha value is -2.80. The molecule has 0 aromatic heterocycles. The van der Waals surface area contributed by atoms with Gasteiger partial charge >= 0.3 is 0 Å². The van der Waals surface area contributed by atoms with Crippen molar-refractivity contribution in [3.05, 3.63) is 65.2 Å². The largest absolute Gasteiger partial charge is 0.368 e. The lowest BCUT2D eigenvalue weighted by Gasteiger charge is -2.36. The molecule has 0 saturated carbocycles. The van der Waals surface area contributed by atoms with Gasteiger partial charge in [0.2, 0.25) is 5.91 Å². The fourth-order valence-electron chi connectivity index (χ4n) is 3.07. The van der Waals surface area contributed by atoms with Crippen LogP contribution in [-0.4, -0.2) is 37.0 Å². The highest BCUT2D eigenvalue weighted by Gasteiger charge is 2.21. The summed E-state index contributed by atoms with van der Waals surface area (Å²) in [4.78, 5) is 16.7. The van der Waals surface area contributed by atoms with E-state index in [-0.39, 0.29) is 5.91 Å². The SMILES string of the molecule is Cc1ccccc1CC(=O)N1CCN(c2cccc(C#N)c2)CC1. The van der Waals surface area contributed by atoms with Gasteiger partial charge in [-0.15, -0.1) is 0 Å². The van der Waals surface area contributed by atoms with Crippen molar-refractivity contribution >= 4 is 11.6 Å². The Morgan fingerprint density at radius 1 is 1.08 bits per heavy atom. The second-order valence-corrected chi connectivity index (χ2v) is 6.13. The molecule has 0 radical (unpaired) electrons. The van der Waals surface area contributed by atoms with Crippen LogP contribution in [0.2, 0.25) is 0 Å². The van der Waals surface area contributed by atoms with Crippen LogP contribution >= 0.6 is 0 Å². The molecule has 2 aromatic carbocycles. The van der Waals surface area contributed by atoms with Gasteiger partial charge in [-0.25, -0.2) is 0 Å². The van der Waals surface area contributed by atoms with E-state index in [1.165, 1.54) is 0 Å². The van der Waals surface area contributed by atoms with E-state index in [2.05, 4.69) is 11.0 Å². The summed E-state index contributed by atoms with van der Waals surface area (Å²) in [5, 5.41) is 9.02. The van der Waals surface area contributed by atoms with Gasteiger partial charge in [0.05, 0.1) is 18.1 Å². The standard InChI is InChI=1S/C20H21N3O/c1-16-5-2-3-7-18(16)14-20(24)23-11-9-22(10-12-23)19-8-4-6-17(13-19)15-21/h2-8,13H,9-12,14H2,1H3. The van der Waals surface area contributed by atoms with Crippen molar-refractivity contribution in [2.24, 2.45) is 0 Å². The number of carbonyl (C=O) groups excluding carboxylic acids is 1. The van der Waals surface area contributed by atoms with Crippen molar-refractivity contribution in [1.82, 2.24) is 4.90 Å². The summed E-state index contributed by atoms with van der Waals surface area (Å²) in [7, 11) is 0.